The first kappa shape index (κ1) is 13.5. The Morgan fingerprint density at radius 3 is 2.90 bits per heavy atom. The molecular weight excluding hydrogens is 250 g/mol. The summed E-state index contributed by atoms with van der Waals surface area (Å²) >= 11 is 0. The quantitative estimate of drug-likeness (QED) is 0.829. The molecule has 1 aromatic rings. The summed E-state index contributed by atoms with van der Waals surface area (Å²) in [6.45, 7) is 0.890. The summed E-state index contributed by atoms with van der Waals surface area (Å²) in [7, 11) is 3.65. The van der Waals surface area contributed by atoms with Gasteiger partial charge in [0.15, 0.2) is 0 Å². The van der Waals surface area contributed by atoms with E-state index < -0.39 is 0 Å². The first-order valence-corrected chi connectivity index (χ1v) is 7.57. The molecule has 0 spiro atoms. The van der Waals surface area contributed by atoms with Crippen LogP contribution in [-0.2, 0) is 10.2 Å². The van der Waals surface area contributed by atoms with Crippen LogP contribution in [0.1, 0.15) is 37.7 Å². The van der Waals surface area contributed by atoms with Crippen LogP contribution in [0.3, 0.4) is 0 Å². The molecule has 1 aliphatic heterocycles. The Morgan fingerprint density at radius 1 is 1.30 bits per heavy atom. The third-order valence-electron chi connectivity index (χ3n) is 5.22. The topological polar surface area (TPSA) is 29.5 Å². The van der Waals surface area contributed by atoms with Crippen molar-refractivity contribution < 1.29 is 9.53 Å². The normalized spacial score (nSPS) is 30.0. The average Bonchev–Trinajstić information content (AvgIpc) is 2.86. The van der Waals surface area contributed by atoms with Crippen LogP contribution in [0, 0.1) is 5.92 Å². The molecule has 0 bridgehead atoms. The van der Waals surface area contributed by atoms with Crippen molar-refractivity contribution in [3.8, 4) is 5.75 Å². The maximum atomic E-state index is 12.7. The largest absolute Gasteiger partial charge is 0.497 e. The van der Waals surface area contributed by atoms with Crippen LogP contribution in [0.15, 0.2) is 24.3 Å². The van der Waals surface area contributed by atoms with E-state index in [4.69, 9.17) is 4.74 Å². The summed E-state index contributed by atoms with van der Waals surface area (Å²) in [4.78, 5) is 14.6. The van der Waals surface area contributed by atoms with Gasteiger partial charge in [-0.25, -0.2) is 0 Å². The number of hydrogen-bond acceptors (Lipinski definition) is 2. The molecule has 20 heavy (non-hydrogen) atoms. The molecule has 3 heteroatoms. The minimum Gasteiger partial charge on any atom is -0.497 e. The SMILES string of the molecule is COc1cccc([C@@]23CCC[C@H]2C(=O)N(C)CCC3)c1. The van der Waals surface area contributed by atoms with Gasteiger partial charge in [0.05, 0.1) is 7.11 Å². The van der Waals surface area contributed by atoms with E-state index in [9.17, 15) is 4.79 Å². The minimum absolute atomic E-state index is 0.0381. The van der Waals surface area contributed by atoms with Gasteiger partial charge < -0.3 is 9.64 Å². The van der Waals surface area contributed by atoms with Crippen molar-refractivity contribution in [2.75, 3.05) is 20.7 Å². The second-order valence-corrected chi connectivity index (χ2v) is 6.20. The Balaban J connectivity index is 2.05. The first-order valence-electron chi connectivity index (χ1n) is 7.57. The third kappa shape index (κ3) is 2.00. The molecule has 3 nitrogen and oxygen atoms in total. The number of nitrogens with zero attached hydrogens (tertiary/aromatic N) is 1. The Hall–Kier alpha value is -1.51. The molecule has 1 aliphatic carbocycles. The van der Waals surface area contributed by atoms with Gasteiger partial charge in [-0.2, -0.15) is 0 Å². The van der Waals surface area contributed by atoms with Gasteiger partial charge in [0.25, 0.3) is 0 Å². The number of likely N-dealkylation sites (tertiary alicyclic amines) is 1. The number of amides is 1. The first-order chi connectivity index (χ1) is 9.67. The summed E-state index contributed by atoms with van der Waals surface area (Å²) in [6, 6.07) is 8.35. The minimum atomic E-state index is 0.0381. The second kappa shape index (κ2) is 5.12. The predicted octanol–water partition coefficient (Wildman–Crippen LogP) is 2.99. The summed E-state index contributed by atoms with van der Waals surface area (Å²) in [5, 5.41) is 0. The highest BCUT2D eigenvalue weighted by atomic mass is 16.5. The van der Waals surface area contributed by atoms with Crippen LogP contribution in [-0.4, -0.2) is 31.5 Å². The Kier molecular flexibility index (Phi) is 3.45. The van der Waals surface area contributed by atoms with Gasteiger partial charge in [0, 0.05) is 24.9 Å². The van der Waals surface area contributed by atoms with Gasteiger partial charge in [-0.15, -0.1) is 0 Å². The van der Waals surface area contributed by atoms with Gasteiger partial charge in [-0.1, -0.05) is 18.6 Å². The molecule has 3 rings (SSSR count). The maximum absolute atomic E-state index is 12.7. The lowest BCUT2D eigenvalue weighted by atomic mass is 9.69. The highest BCUT2D eigenvalue weighted by molar-refractivity contribution is 5.81. The molecule has 1 saturated heterocycles. The van der Waals surface area contributed by atoms with E-state index in [1.54, 1.807) is 7.11 Å². The predicted molar refractivity (Wildman–Crippen MR) is 78.9 cm³/mol. The fourth-order valence-electron chi connectivity index (χ4n) is 4.16. The molecule has 1 amide bonds. The lowest BCUT2D eigenvalue weighted by Crippen LogP contribution is -2.39. The fraction of sp³-hybridized carbons (Fsp3) is 0.588. The zero-order chi connectivity index (χ0) is 14.2. The Labute approximate surface area is 120 Å². The molecule has 2 aliphatic rings. The van der Waals surface area contributed by atoms with Crippen molar-refractivity contribution in [3.05, 3.63) is 29.8 Å². The highest BCUT2D eigenvalue weighted by Crippen LogP contribution is 2.51. The van der Waals surface area contributed by atoms with Crippen molar-refractivity contribution in [1.29, 1.82) is 0 Å². The number of methoxy groups -OCH3 is 1. The molecule has 2 fully saturated rings. The molecular formula is C17H23NO2. The van der Waals surface area contributed by atoms with Crippen LogP contribution < -0.4 is 4.74 Å². The third-order valence-corrected chi connectivity index (χ3v) is 5.22. The lowest BCUT2D eigenvalue weighted by molar-refractivity contribution is -0.134. The number of benzene rings is 1. The molecule has 2 atom stereocenters. The standard InChI is InChI=1S/C17H23NO2/c1-18-11-5-10-17(9-4-8-15(17)16(18)19)13-6-3-7-14(12-13)20-2/h3,6-7,12,15H,4-5,8-11H2,1-2H3/t15-,17-/m0/s1. The smallest absolute Gasteiger partial charge is 0.226 e. The van der Waals surface area contributed by atoms with Gasteiger partial charge in [-0.05, 0) is 43.4 Å². The summed E-state index contributed by atoms with van der Waals surface area (Å²) in [5.41, 5.74) is 1.33. The van der Waals surface area contributed by atoms with E-state index in [1.165, 1.54) is 5.56 Å². The molecule has 0 radical (unpaired) electrons. The van der Waals surface area contributed by atoms with E-state index >= 15 is 0 Å². The highest BCUT2D eigenvalue weighted by Gasteiger charge is 2.49. The number of rotatable bonds is 2. The van der Waals surface area contributed by atoms with Crippen molar-refractivity contribution in [2.24, 2.45) is 5.92 Å². The van der Waals surface area contributed by atoms with Crippen molar-refractivity contribution in [3.63, 3.8) is 0 Å². The van der Waals surface area contributed by atoms with Crippen LogP contribution in [0.2, 0.25) is 0 Å². The molecule has 0 aromatic heterocycles. The van der Waals surface area contributed by atoms with E-state index in [2.05, 4.69) is 18.2 Å². The van der Waals surface area contributed by atoms with Crippen molar-refractivity contribution >= 4 is 5.91 Å². The monoisotopic (exact) mass is 273 g/mol. The van der Waals surface area contributed by atoms with Gasteiger partial charge in [-0.3, -0.25) is 4.79 Å². The Morgan fingerprint density at radius 2 is 2.10 bits per heavy atom. The van der Waals surface area contributed by atoms with Crippen molar-refractivity contribution in [2.45, 2.75) is 37.5 Å². The lowest BCUT2D eigenvalue weighted by Gasteiger charge is -2.34. The van der Waals surface area contributed by atoms with Crippen LogP contribution >= 0.6 is 0 Å². The number of carbonyl (C=O) groups is 1. The zero-order valence-electron chi connectivity index (χ0n) is 12.4. The van der Waals surface area contributed by atoms with Crippen LogP contribution in [0.25, 0.3) is 0 Å². The number of fused-ring (bicyclic) bond motifs is 1. The molecule has 1 aromatic carbocycles. The van der Waals surface area contributed by atoms with Crippen molar-refractivity contribution in [1.82, 2.24) is 4.90 Å². The number of carbonyl (C=O) groups excluding carboxylic acids is 1. The van der Waals surface area contributed by atoms with E-state index in [0.717, 1.165) is 44.4 Å². The average molecular weight is 273 g/mol. The summed E-state index contributed by atoms with van der Waals surface area (Å²) < 4.78 is 5.37. The fourth-order valence-corrected chi connectivity index (χ4v) is 4.16. The van der Waals surface area contributed by atoms with E-state index in [0.29, 0.717) is 5.91 Å². The maximum Gasteiger partial charge on any atom is 0.226 e. The van der Waals surface area contributed by atoms with Gasteiger partial charge in [0.1, 0.15) is 5.75 Å². The number of hydrogen-bond donors (Lipinski definition) is 0. The van der Waals surface area contributed by atoms with E-state index in [1.807, 2.05) is 18.0 Å². The molecule has 1 saturated carbocycles. The molecule has 0 unspecified atom stereocenters. The molecule has 0 N–H and O–H groups in total. The second-order valence-electron chi connectivity index (χ2n) is 6.20. The van der Waals surface area contributed by atoms with E-state index in [-0.39, 0.29) is 11.3 Å². The van der Waals surface area contributed by atoms with Gasteiger partial charge >= 0.3 is 0 Å². The number of ether oxygens (including phenoxy) is 1. The zero-order valence-corrected chi connectivity index (χ0v) is 12.4. The van der Waals surface area contributed by atoms with Crippen LogP contribution in [0.5, 0.6) is 5.75 Å². The summed E-state index contributed by atoms with van der Waals surface area (Å²) in [5.74, 6) is 1.39. The molecule has 108 valence electrons. The van der Waals surface area contributed by atoms with Crippen LogP contribution in [0.4, 0.5) is 0 Å². The van der Waals surface area contributed by atoms with Gasteiger partial charge in [0.2, 0.25) is 5.91 Å². The summed E-state index contributed by atoms with van der Waals surface area (Å²) in [6.07, 6.45) is 5.52. The Bertz CT molecular complexity index is 513. The molecule has 1 heterocycles.